The SMILES string of the molecule is C=C(C)COc1cccc(CNCc2cccnc2)c1. The van der Waals surface area contributed by atoms with Crippen LogP contribution in [-0.2, 0) is 13.1 Å². The summed E-state index contributed by atoms with van der Waals surface area (Å²) in [5.74, 6) is 0.883. The topological polar surface area (TPSA) is 34.1 Å². The van der Waals surface area contributed by atoms with Gasteiger partial charge < -0.3 is 10.1 Å². The lowest BCUT2D eigenvalue weighted by atomic mass is 10.2. The van der Waals surface area contributed by atoms with E-state index in [0.717, 1.165) is 24.4 Å². The smallest absolute Gasteiger partial charge is 0.120 e. The third-order valence-corrected chi connectivity index (χ3v) is 2.76. The van der Waals surface area contributed by atoms with Gasteiger partial charge in [-0.25, -0.2) is 0 Å². The van der Waals surface area contributed by atoms with Gasteiger partial charge in [-0.3, -0.25) is 4.98 Å². The van der Waals surface area contributed by atoms with E-state index in [2.05, 4.69) is 35.1 Å². The third kappa shape index (κ3) is 4.86. The summed E-state index contributed by atoms with van der Waals surface area (Å²) in [4.78, 5) is 4.10. The first-order valence-electron chi connectivity index (χ1n) is 6.70. The fourth-order valence-corrected chi connectivity index (χ4v) is 1.81. The van der Waals surface area contributed by atoms with Crippen LogP contribution in [-0.4, -0.2) is 11.6 Å². The molecule has 0 bridgehead atoms. The zero-order valence-corrected chi connectivity index (χ0v) is 11.8. The van der Waals surface area contributed by atoms with Gasteiger partial charge in [0.15, 0.2) is 0 Å². The molecule has 1 aromatic heterocycles. The first kappa shape index (κ1) is 14.3. The zero-order chi connectivity index (χ0) is 14.2. The molecule has 0 atom stereocenters. The number of aromatic nitrogens is 1. The molecule has 0 aliphatic carbocycles. The Hall–Kier alpha value is -2.13. The molecule has 0 unspecified atom stereocenters. The standard InChI is InChI=1S/C17H20N2O/c1-14(2)13-20-17-7-3-5-15(9-17)10-19-12-16-6-4-8-18-11-16/h3-9,11,19H,1,10,12-13H2,2H3. The lowest BCUT2D eigenvalue weighted by molar-refractivity contribution is 0.352. The fraction of sp³-hybridized carbons (Fsp3) is 0.235. The molecule has 3 heteroatoms. The third-order valence-electron chi connectivity index (χ3n) is 2.76. The van der Waals surface area contributed by atoms with Crippen molar-refractivity contribution in [2.24, 2.45) is 0 Å². The van der Waals surface area contributed by atoms with Crippen LogP contribution in [0.3, 0.4) is 0 Å². The molecule has 1 heterocycles. The van der Waals surface area contributed by atoms with Gasteiger partial charge in [0, 0.05) is 25.5 Å². The maximum Gasteiger partial charge on any atom is 0.120 e. The van der Waals surface area contributed by atoms with E-state index in [0.29, 0.717) is 6.61 Å². The number of hydrogen-bond donors (Lipinski definition) is 1. The largest absolute Gasteiger partial charge is 0.489 e. The van der Waals surface area contributed by atoms with Gasteiger partial charge in [-0.1, -0.05) is 24.8 Å². The molecule has 0 radical (unpaired) electrons. The average Bonchev–Trinajstić information content (AvgIpc) is 2.47. The Morgan fingerprint density at radius 2 is 2.00 bits per heavy atom. The van der Waals surface area contributed by atoms with E-state index in [9.17, 15) is 0 Å². The van der Waals surface area contributed by atoms with Crippen LogP contribution < -0.4 is 10.1 Å². The van der Waals surface area contributed by atoms with E-state index in [1.54, 1.807) is 6.20 Å². The van der Waals surface area contributed by atoms with E-state index < -0.39 is 0 Å². The van der Waals surface area contributed by atoms with Crippen LogP contribution in [0.1, 0.15) is 18.1 Å². The first-order valence-corrected chi connectivity index (χ1v) is 6.70. The first-order chi connectivity index (χ1) is 9.74. The molecule has 1 aromatic carbocycles. The molecular formula is C17H20N2O. The Morgan fingerprint density at radius 3 is 2.75 bits per heavy atom. The molecule has 0 saturated heterocycles. The summed E-state index contributed by atoms with van der Waals surface area (Å²) in [6, 6.07) is 12.1. The number of hydrogen-bond acceptors (Lipinski definition) is 3. The molecule has 0 aliphatic rings. The molecule has 20 heavy (non-hydrogen) atoms. The Balaban J connectivity index is 1.83. The van der Waals surface area contributed by atoms with Gasteiger partial charge in [0.2, 0.25) is 0 Å². The lowest BCUT2D eigenvalue weighted by Crippen LogP contribution is -2.12. The van der Waals surface area contributed by atoms with Crippen LogP contribution in [0.5, 0.6) is 5.75 Å². The summed E-state index contributed by atoms with van der Waals surface area (Å²) >= 11 is 0. The molecular weight excluding hydrogens is 248 g/mol. The minimum atomic E-state index is 0.562. The van der Waals surface area contributed by atoms with Crippen molar-refractivity contribution in [3.63, 3.8) is 0 Å². The minimum absolute atomic E-state index is 0.562. The van der Waals surface area contributed by atoms with E-state index in [-0.39, 0.29) is 0 Å². The van der Waals surface area contributed by atoms with Crippen molar-refractivity contribution in [2.75, 3.05) is 6.61 Å². The van der Waals surface area contributed by atoms with Crippen LogP contribution >= 0.6 is 0 Å². The molecule has 2 aromatic rings. The number of rotatable bonds is 7. The Morgan fingerprint density at radius 1 is 1.20 bits per heavy atom. The van der Waals surface area contributed by atoms with E-state index in [1.807, 2.05) is 31.3 Å². The van der Waals surface area contributed by atoms with Gasteiger partial charge in [-0.05, 0) is 41.8 Å². The zero-order valence-electron chi connectivity index (χ0n) is 11.8. The van der Waals surface area contributed by atoms with Crippen molar-refractivity contribution >= 4 is 0 Å². The molecule has 0 spiro atoms. The molecule has 2 rings (SSSR count). The lowest BCUT2D eigenvalue weighted by Gasteiger charge is -2.09. The van der Waals surface area contributed by atoms with E-state index >= 15 is 0 Å². The molecule has 0 saturated carbocycles. The van der Waals surface area contributed by atoms with Crippen molar-refractivity contribution in [1.82, 2.24) is 10.3 Å². The summed E-state index contributed by atoms with van der Waals surface area (Å²) in [6.45, 7) is 7.97. The number of nitrogens with zero attached hydrogens (tertiary/aromatic N) is 1. The highest BCUT2D eigenvalue weighted by atomic mass is 16.5. The van der Waals surface area contributed by atoms with Crippen LogP contribution in [0.15, 0.2) is 60.9 Å². The van der Waals surface area contributed by atoms with Crippen LogP contribution in [0.4, 0.5) is 0 Å². The van der Waals surface area contributed by atoms with Gasteiger partial charge in [0.25, 0.3) is 0 Å². The highest BCUT2D eigenvalue weighted by molar-refractivity contribution is 5.28. The normalized spacial score (nSPS) is 10.2. The molecule has 1 N–H and O–H groups in total. The van der Waals surface area contributed by atoms with E-state index in [1.165, 1.54) is 11.1 Å². The van der Waals surface area contributed by atoms with Crippen LogP contribution in [0.2, 0.25) is 0 Å². The Bertz CT molecular complexity index is 552. The molecule has 104 valence electrons. The summed E-state index contributed by atoms with van der Waals surface area (Å²) in [6.07, 6.45) is 3.66. The highest BCUT2D eigenvalue weighted by Gasteiger charge is 1.98. The average molecular weight is 268 g/mol. The van der Waals surface area contributed by atoms with Crippen molar-refractivity contribution in [3.05, 3.63) is 72.1 Å². The Kier molecular flexibility index (Phi) is 5.33. The fourth-order valence-electron chi connectivity index (χ4n) is 1.81. The maximum atomic E-state index is 5.64. The summed E-state index contributed by atoms with van der Waals surface area (Å²) < 4.78 is 5.64. The van der Waals surface area contributed by atoms with Crippen molar-refractivity contribution in [1.29, 1.82) is 0 Å². The maximum absolute atomic E-state index is 5.64. The number of ether oxygens (including phenoxy) is 1. The second-order valence-electron chi connectivity index (χ2n) is 4.86. The highest BCUT2D eigenvalue weighted by Crippen LogP contribution is 2.14. The van der Waals surface area contributed by atoms with E-state index in [4.69, 9.17) is 4.74 Å². The summed E-state index contributed by atoms with van der Waals surface area (Å²) in [5, 5.41) is 3.40. The van der Waals surface area contributed by atoms with Crippen molar-refractivity contribution < 1.29 is 4.74 Å². The quantitative estimate of drug-likeness (QED) is 0.782. The van der Waals surface area contributed by atoms with Gasteiger partial charge in [0.1, 0.15) is 12.4 Å². The minimum Gasteiger partial charge on any atom is -0.489 e. The number of benzene rings is 1. The predicted octanol–water partition coefficient (Wildman–Crippen LogP) is 3.33. The molecule has 0 fully saturated rings. The predicted molar refractivity (Wildman–Crippen MR) is 81.5 cm³/mol. The van der Waals surface area contributed by atoms with Crippen LogP contribution in [0.25, 0.3) is 0 Å². The molecule has 0 aliphatic heterocycles. The van der Waals surface area contributed by atoms with Crippen molar-refractivity contribution in [2.45, 2.75) is 20.0 Å². The van der Waals surface area contributed by atoms with Gasteiger partial charge in [0.05, 0.1) is 0 Å². The second kappa shape index (κ2) is 7.46. The number of pyridine rings is 1. The second-order valence-corrected chi connectivity index (χ2v) is 4.86. The van der Waals surface area contributed by atoms with Crippen molar-refractivity contribution in [3.8, 4) is 5.75 Å². The summed E-state index contributed by atoms with van der Waals surface area (Å²) in [5.41, 5.74) is 3.40. The molecule has 3 nitrogen and oxygen atoms in total. The summed E-state index contributed by atoms with van der Waals surface area (Å²) in [7, 11) is 0. The van der Waals surface area contributed by atoms with Crippen LogP contribution in [0, 0.1) is 0 Å². The van der Waals surface area contributed by atoms with Gasteiger partial charge in [-0.15, -0.1) is 0 Å². The number of nitrogens with one attached hydrogen (secondary N) is 1. The monoisotopic (exact) mass is 268 g/mol. The Labute approximate surface area is 120 Å². The molecule has 0 amide bonds. The van der Waals surface area contributed by atoms with Gasteiger partial charge >= 0.3 is 0 Å². The van der Waals surface area contributed by atoms with Gasteiger partial charge in [-0.2, -0.15) is 0 Å².